The molecule has 3 rings (SSSR count). The van der Waals surface area contributed by atoms with Gasteiger partial charge in [-0.25, -0.2) is 4.79 Å². The average Bonchev–Trinajstić information content (AvgIpc) is 2.75. The van der Waals surface area contributed by atoms with Crippen LogP contribution in [0.3, 0.4) is 0 Å². The Kier molecular flexibility index (Phi) is 6.58. The molecule has 0 saturated heterocycles. The Morgan fingerprint density at radius 3 is 1.82 bits per heavy atom. The van der Waals surface area contributed by atoms with Crippen LogP contribution in [-0.4, -0.2) is 23.9 Å². The number of ether oxygens (including phenoxy) is 1. The summed E-state index contributed by atoms with van der Waals surface area (Å²) < 4.78 is 5.05. The molecule has 4 heteroatoms. The fourth-order valence-corrected chi connectivity index (χ4v) is 3.17. The van der Waals surface area contributed by atoms with Crippen LogP contribution >= 0.6 is 0 Å². The van der Waals surface area contributed by atoms with Crippen molar-refractivity contribution >= 4 is 11.9 Å². The van der Waals surface area contributed by atoms with Crippen LogP contribution in [0, 0.1) is 0 Å². The van der Waals surface area contributed by atoms with E-state index in [1.54, 1.807) is 4.90 Å². The summed E-state index contributed by atoms with van der Waals surface area (Å²) in [6.45, 7) is 0.321. The number of amides is 1. The summed E-state index contributed by atoms with van der Waals surface area (Å²) in [4.78, 5) is 27.6. The molecule has 1 atom stereocenters. The quantitative estimate of drug-likeness (QED) is 0.584. The summed E-state index contributed by atoms with van der Waals surface area (Å²) in [7, 11) is 1.35. The molecule has 28 heavy (non-hydrogen) atoms. The fraction of sp³-hybridized carbons (Fsp3) is 0.167. The van der Waals surface area contributed by atoms with Crippen molar-refractivity contribution in [3.63, 3.8) is 0 Å². The number of esters is 1. The van der Waals surface area contributed by atoms with E-state index in [9.17, 15) is 9.59 Å². The lowest BCUT2D eigenvalue weighted by molar-refractivity contribution is -0.153. The monoisotopic (exact) mass is 373 g/mol. The topological polar surface area (TPSA) is 46.6 Å². The van der Waals surface area contributed by atoms with Crippen molar-refractivity contribution in [2.45, 2.75) is 19.0 Å². The summed E-state index contributed by atoms with van der Waals surface area (Å²) in [5.41, 5.74) is 2.59. The molecule has 4 nitrogen and oxygen atoms in total. The minimum atomic E-state index is -0.803. The summed E-state index contributed by atoms with van der Waals surface area (Å²) in [6, 6.07) is 27.7. The molecule has 0 saturated carbocycles. The molecule has 0 heterocycles. The maximum atomic E-state index is 13.3. The van der Waals surface area contributed by atoms with Crippen LogP contribution in [0.1, 0.15) is 22.7 Å². The second-order valence-electron chi connectivity index (χ2n) is 6.51. The predicted molar refractivity (Wildman–Crippen MR) is 108 cm³/mol. The van der Waals surface area contributed by atoms with Gasteiger partial charge in [-0.05, 0) is 16.7 Å². The highest BCUT2D eigenvalue weighted by atomic mass is 16.5. The Morgan fingerprint density at radius 2 is 1.29 bits per heavy atom. The minimum Gasteiger partial charge on any atom is -0.467 e. The Labute approximate surface area is 165 Å². The van der Waals surface area contributed by atoms with E-state index in [0.717, 1.165) is 16.7 Å². The number of carbonyl (C=O) groups is 2. The normalized spacial score (nSPS) is 11.5. The van der Waals surface area contributed by atoms with Gasteiger partial charge in [0.2, 0.25) is 5.91 Å². The number of hydrogen-bond donors (Lipinski definition) is 0. The summed E-state index contributed by atoms with van der Waals surface area (Å²) >= 11 is 0. The van der Waals surface area contributed by atoms with Crippen LogP contribution in [0.25, 0.3) is 0 Å². The standard InChI is InChI=1S/C24H23NO3/c1-28-24(27)23(21-15-9-4-10-16-21)25(18-20-13-7-3-8-14-20)22(26)17-19-11-5-2-6-12-19/h2-16,23H,17-18H2,1H3. The van der Waals surface area contributed by atoms with Gasteiger partial charge >= 0.3 is 5.97 Å². The summed E-state index contributed by atoms with van der Waals surface area (Å²) in [5, 5.41) is 0. The molecule has 0 spiro atoms. The maximum Gasteiger partial charge on any atom is 0.333 e. The third-order valence-corrected chi connectivity index (χ3v) is 4.57. The first-order chi connectivity index (χ1) is 13.7. The van der Waals surface area contributed by atoms with Gasteiger partial charge < -0.3 is 9.64 Å². The SMILES string of the molecule is COC(=O)C(c1ccccc1)N(Cc1ccccc1)C(=O)Cc1ccccc1. The van der Waals surface area contributed by atoms with Crippen LogP contribution in [0.15, 0.2) is 91.0 Å². The second-order valence-corrected chi connectivity index (χ2v) is 6.51. The molecule has 0 radical (unpaired) electrons. The van der Waals surface area contributed by atoms with Crippen LogP contribution in [-0.2, 0) is 27.3 Å². The lowest BCUT2D eigenvalue weighted by atomic mass is 10.0. The van der Waals surface area contributed by atoms with Gasteiger partial charge in [-0.3, -0.25) is 4.79 Å². The number of carbonyl (C=O) groups excluding carboxylic acids is 2. The van der Waals surface area contributed by atoms with E-state index in [4.69, 9.17) is 4.74 Å². The number of nitrogens with zero attached hydrogens (tertiary/aromatic N) is 1. The maximum absolute atomic E-state index is 13.3. The average molecular weight is 373 g/mol. The fourth-order valence-electron chi connectivity index (χ4n) is 3.17. The highest BCUT2D eigenvalue weighted by molar-refractivity contribution is 5.86. The molecule has 0 aliphatic heterocycles. The third kappa shape index (κ3) is 4.86. The number of rotatable bonds is 7. The van der Waals surface area contributed by atoms with E-state index in [2.05, 4.69) is 0 Å². The predicted octanol–water partition coefficient (Wildman–Crippen LogP) is 4.17. The van der Waals surface area contributed by atoms with Crippen LogP contribution < -0.4 is 0 Å². The first-order valence-electron chi connectivity index (χ1n) is 9.19. The van der Waals surface area contributed by atoms with Crippen molar-refractivity contribution in [2.75, 3.05) is 7.11 Å². The molecule has 0 aliphatic carbocycles. The molecule has 3 aromatic rings. The van der Waals surface area contributed by atoms with Crippen molar-refractivity contribution in [3.05, 3.63) is 108 Å². The molecular weight excluding hydrogens is 350 g/mol. The number of methoxy groups -OCH3 is 1. The zero-order valence-corrected chi connectivity index (χ0v) is 15.8. The molecule has 0 bridgehead atoms. The summed E-state index contributed by atoms with van der Waals surface area (Å²) in [5.74, 6) is -0.585. The smallest absolute Gasteiger partial charge is 0.333 e. The minimum absolute atomic E-state index is 0.130. The second kappa shape index (κ2) is 9.51. The molecule has 0 aliphatic rings. The Morgan fingerprint density at radius 1 is 0.786 bits per heavy atom. The molecule has 0 fully saturated rings. The number of benzene rings is 3. The molecule has 3 aromatic carbocycles. The molecule has 1 amide bonds. The van der Waals surface area contributed by atoms with E-state index in [0.29, 0.717) is 6.54 Å². The van der Waals surface area contributed by atoms with Crippen molar-refractivity contribution in [1.82, 2.24) is 4.90 Å². The van der Waals surface area contributed by atoms with Gasteiger partial charge in [0.15, 0.2) is 6.04 Å². The molecule has 0 N–H and O–H groups in total. The van der Waals surface area contributed by atoms with Gasteiger partial charge in [-0.15, -0.1) is 0 Å². The van der Waals surface area contributed by atoms with Crippen molar-refractivity contribution in [3.8, 4) is 0 Å². The zero-order valence-electron chi connectivity index (χ0n) is 15.8. The van der Waals surface area contributed by atoms with Gasteiger partial charge in [-0.1, -0.05) is 91.0 Å². The highest BCUT2D eigenvalue weighted by Gasteiger charge is 2.32. The Balaban J connectivity index is 1.97. The van der Waals surface area contributed by atoms with E-state index in [1.165, 1.54) is 7.11 Å². The van der Waals surface area contributed by atoms with Crippen molar-refractivity contribution < 1.29 is 14.3 Å². The Hall–Kier alpha value is -3.40. The van der Waals surface area contributed by atoms with Crippen LogP contribution in [0.2, 0.25) is 0 Å². The van der Waals surface area contributed by atoms with Gasteiger partial charge in [0.1, 0.15) is 0 Å². The molecule has 0 aromatic heterocycles. The van der Waals surface area contributed by atoms with Crippen LogP contribution in [0.4, 0.5) is 0 Å². The molecular formula is C24H23NO3. The molecule has 142 valence electrons. The third-order valence-electron chi connectivity index (χ3n) is 4.57. The van der Waals surface area contributed by atoms with Gasteiger partial charge in [-0.2, -0.15) is 0 Å². The summed E-state index contributed by atoms with van der Waals surface area (Å²) in [6.07, 6.45) is 0.216. The van der Waals surface area contributed by atoms with E-state index in [-0.39, 0.29) is 12.3 Å². The first-order valence-corrected chi connectivity index (χ1v) is 9.19. The zero-order chi connectivity index (χ0) is 19.8. The van der Waals surface area contributed by atoms with E-state index in [1.807, 2.05) is 91.0 Å². The first kappa shape index (κ1) is 19.4. The van der Waals surface area contributed by atoms with Crippen LogP contribution in [0.5, 0.6) is 0 Å². The lowest BCUT2D eigenvalue weighted by Gasteiger charge is -2.30. The van der Waals surface area contributed by atoms with E-state index >= 15 is 0 Å². The van der Waals surface area contributed by atoms with E-state index < -0.39 is 12.0 Å². The van der Waals surface area contributed by atoms with Crippen molar-refractivity contribution in [1.29, 1.82) is 0 Å². The van der Waals surface area contributed by atoms with Crippen molar-refractivity contribution in [2.24, 2.45) is 0 Å². The lowest BCUT2D eigenvalue weighted by Crippen LogP contribution is -2.40. The largest absolute Gasteiger partial charge is 0.467 e. The highest BCUT2D eigenvalue weighted by Crippen LogP contribution is 2.25. The molecule has 1 unspecified atom stereocenters. The van der Waals surface area contributed by atoms with Gasteiger partial charge in [0.25, 0.3) is 0 Å². The number of hydrogen-bond acceptors (Lipinski definition) is 3. The van der Waals surface area contributed by atoms with Gasteiger partial charge in [0.05, 0.1) is 13.5 Å². The Bertz CT molecular complexity index is 895. The van der Waals surface area contributed by atoms with Gasteiger partial charge in [0, 0.05) is 6.54 Å².